The molecule has 0 bridgehead atoms. The molecule has 0 saturated carbocycles. The maximum absolute atomic E-state index is 10.0. The number of aliphatic hydroxyl groups is 1. The minimum Gasteiger partial charge on any atom is -0.472 e. The van der Waals surface area contributed by atoms with Crippen LogP contribution in [0.25, 0.3) is 0 Å². The Kier molecular flexibility index (Phi) is 2.35. The predicted molar refractivity (Wildman–Crippen MR) is 52.2 cm³/mol. The molecule has 0 spiro atoms. The van der Waals surface area contributed by atoms with Gasteiger partial charge in [-0.25, -0.2) is 0 Å². The zero-order valence-corrected chi connectivity index (χ0v) is 8.71. The van der Waals surface area contributed by atoms with Crippen LogP contribution in [0, 0.1) is 13.8 Å². The fourth-order valence-electron chi connectivity index (χ4n) is 1.28. The van der Waals surface area contributed by atoms with Gasteiger partial charge in [0.1, 0.15) is 6.10 Å². The maximum Gasteiger partial charge on any atom is 0.120 e. The Morgan fingerprint density at radius 2 is 2.21 bits per heavy atom. The molecule has 0 aliphatic heterocycles. The molecule has 1 atom stereocenters. The van der Waals surface area contributed by atoms with Gasteiger partial charge in [-0.3, -0.25) is 0 Å². The number of aliphatic hydroxyl groups excluding tert-OH is 1. The second-order valence-corrected chi connectivity index (χ2v) is 3.92. The second-order valence-electron chi connectivity index (χ2n) is 3.14. The molecule has 0 aliphatic rings. The number of aromatic nitrogens is 2. The lowest BCUT2D eigenvalue weighted by Gasteiger charge is -2.06. The molecule has 0 radical (unpaired) electrons. The maximum atomic E-state index is 10.0. The third kappa shape index (κ3) is 1.44. The molecular weight excluding hydrogens is 200 g/mol. The van der Waals surface area contributed by atoms with E-state index in [-0.39, 0.29) is 0 Å². The highest BCUT2D eigenvalue weighted by Gasteiger charge is 2.19. The smallest absolute Gasteiger partial charge is 0.120 e. The normalized spacial score (nSPS) is 13.1. The minimum absolute atomic E-state index is 0.672. The van der Waals surface area contributed by atoms with Gasteiger partial charge in [-0.05, 0) is 30.9 Å². The largest absolute Gasteiger partial charge is 0.472 e. The number of rotatable bonds is 2. The number of nitrogens with zero attached hydrogens (tertiary/aromatic N) is 2. The first-order valence-corrected chi connectivity index (χ1v) is 4.97. The summed E-state index contributed by atoms with van der Waals surface area (Å²) in [5.74, 6) is 0. The molecule has 1 N–H and O–H groups in total. The first-order valence-electron chi connectivity index (χ1n) is 4.19. The molecule has 2 aromatic rings. The first-order chi connectivity index (χ1) is 6.70. The van der Waals surface area contributed by atoms with Gasteiger partial charge in [-0.2, -0.15) is 0 Å². The van der Waals surface area contributed by atoms with Crippen molar-refractivity contribution in [2.45, 2.75) is 20.0 Å². The average molecular weight is 210 g/mol. The molecule has 0 fully saturated rings. The van der Waals surface area contributed by atoms with Crippen molar-refractivity contribution in [3.8, 4) is 0 Å². The molecule has 0 amide bonds. The number of aryl methyl sites for hydroxylation is 2. The third-order valence-electron chi connectivity index (χ3n) is 2.12. The molecule has 14 heavy (non-hydrogen) atoms. The van der Waals surface area contributed by atoms with Crippen molar-refractivity contribution >= 4 is 11.5 Å². The molecule has 2 heterocycles. The van der Waals surface area contributed by atoms with Gasteiger partial charge in [-0.15, -0.1) is 5.10 Å². The highest BCUT2D eigenvalue weighted by Crippen LogP contribution is 2.28. The SMILES string of the molecule is Cc1cocc1C(O)c1snnc1C. The van der Waals surface area contributed by atoms with Crippen LogP contribution in [0.5, 0.6) is 0 Å². The molecule has 2 aromatic heterocycles. The van der Waals surface area contributed by atoms with Gasteiger partial charge < -0.3 is 9.52 Å². The molecule has 0 aliphatic carbocycles. The number of hydrogen-bond donors (Lipinski definition) is 1. The second kappa shape index (κ2) is 3.51. The van der Waals surface area contributed by atoms with E-state index >= 15 is 0 Å². The zero-order valence-electron chi connectivity index (χ0n) is 7.89. The Labute approximate surface area is 85.4 Å². The summed E-state index contributed by atoms with van der Waals surface area (Å²) in [7, 11) is 0. The van der Waals surface area contributed by atoms with Gasteiger partial charge >= 0.3 is 0 Å². The Bertz CT molecular complexity index is 395. The molecule has 1 unspecified atom stereocenters. The summed E-state index contributed by atoms with van der Waals surface area (Å²) in [5, 5.41) is 13.9. The van der Waals surface area contributed by atoms with Crippen LogP contribution in [-0.2, 0) is 0 Å². The van der Waals surface area contributed by atoms with Crippen LogP contribution in [0.3, 0.4) is 0 Å². The van der Waals surface area contributed by atoms with Crippen LogP contribution < -0.4 is 0 Å². The van der Waals surface area contributed by atoms with E-state index in [9.17, 15) is 5.11 Å². The Balaban J connectivity index is 2.38. The summed E-state index contributed by atoms with van der Waals surface area (Å²) in [4.78, 5) is 0.773. The highest BCUT2D eigenvalue weighted by atomic mass is 32.1. The van der Waals surface area contributed by atoms with E-state index in [1.807, 2.05) is 13.8 Å². The van der Waals surface area contributed by atoms with Crippen molar-refractivity contribution in [2.75, 3.05) is 0 Å². The molecule has 0 aromatic carbocycles. The Morgan fingerprint density at radius 3 is 2.71 bits per heavy atom. The van der Waals surface area contributed by atoms with Gasteiger partial charge in [0.05, 0.1) is 23.1 Å². The summed E-state index contributed by atoms with van der Waals surface area (Å²) in [6.07, 6.45) is 2.50. The Morgan fingerprint density at radius 1 is 1.43 bits per heavy atom. The monoisotopic (exact) mass is 210 g/mol. The number of hydrogen-bond acceptors (Lipinski definition) is 5. The fraction of sp³-hybridized carbons (Fsp3) is 0.333. The van der Waals surface area contributed by atoms with Gasteiger partial charge in [0, 0.05) is 5.56 Å². The molecule has 5 heteroatoms. The van der Waals surface area contributed by atoms with E-state index in [2.05, 4.69) is 9.59 Å². The first kappa shape index (κ1) is 9.36. The van der Waals surface area contributed by atoms with Crippen molar-refractivity contribution in [3.63, 3.8) is 0 Å². The third-order valence-corrected chi connectivity index (χ3v) is 3.00. The Hall–Kier alpha value is -1.20. The van der Waals surface area contributed by atoms with Crippen LogP contribution in [0.2, 0.25) is 0 Å². The minimum atomic E-state index is -0.672. The lowest BCUT2D eigenvalue weighted by Crippen LogP contribution is -1.99. The van der Waals surface area contributed by atoms with Crippen molar-refractivity contribution in [2.24, 2.45) is 0 Å². The van der Waals surface area contributed by atoms with Gasteiger partial charge in [0.2, 0.25) is 0 Å². The summed E-state index contributed by atoms with van der Waals surface area (Å²) < 4.78 is 8.79. The average Bonchev–Trinajstić information content (AvgIpc) is 2.73. The van der Waals surface area contributed by atoms with E-state index in [4.69, 9.17) is 4.42 Å². The van der Waals surface area contributed by atoms with Crippen LogP contribution in [-0.4, -0.2) is 14.7 Å². The van der Waals surface area contributed by atoms with E-state index in [1.165, 1.54) is 11.5 Å². The van der Waals surface area contributed by atoms with Crippen molar-refractivity contribution in [1.82, 2.24) is 9.59 Å². The predicted octanol–water partition coefficient (Wildman–Crippen LogP) is 1.83. The van der Waals surface area contributed by atoms with Crippen LogP contribution in [0.15, 0.2) is 16.9 Å². The lowest BCUT2D eigenvalue weighted by molar-refractivity contribution is 0.221. The van der Waals surface area contributed by atoms with Gasteiger partial charge in [-0.1, -0.05) is 4.49 Å². The van der Waals surface area contributed by atoms with Gasteiger partial charge in [0.15, 0.2) is 0 Å². The molecular formula is C9H10N2O2S. The van der Waals surface area contributed by atoms with Crippen molar-refractivity contribution in [3.05, 3.63) is 34.2 Å². The quantitative estimate of drug-likeness (QED) is 0.821. The van der Waals surface area contributed by atoms with Crippen LogP contribution >= 0.6 is 11.5 Å². The van der Waals surface area contributed by atoms with Crippen molar-refractivity contribution in [1.29, 1.82) is 0 Å². The molecule has 2 rings (SSSR count). The fourth-order valence-corrected chi connectivity index (χ4v) is 1.93. The number of furan rings is 1. The standard InChI is InChI=1S/C9H10N2O2S/c1-5-3-13-4-7(5)8(12)9-6(2)10-11-14-9/h3-4,8,12H,1-2H3. The van der Waals surface area contributed by atoms with E-state index in [0.717, 1.165) is 21.7 Å². The van der Waals surface area contributed by atoms with E-state index in [1.54, 1.807) is 12.5 Å². The summed E-state index contributed by atoms with van der Waals surface area (Å²) in [6, 6.07) is 0. The topological polar surface area (TPSA) is 59.2 Å². The van der Waals surface area contributed by atoms with Crippen LogP contribution in [0.4, 0.5) is 0 Å². The van der Waals surface area contributed by atoms with Crippen LogP contribution in [0.1, 0.15) is 27.8 Å². The molecule has 0 saturated heterocycles. The van der Waals surface area contributed by atoms with E-state index < -0.39 is 6.10 Å². The van der Waals surface area contributed by atoms with Gasteiger partial charge in [0.25, 0.3) is 0 Å². The highest BCUT2D eigenvalue weighted by molar-refractivity contribution is 7.05. The zero-order chi connectivity index (χ0) is 10.1. The molecule has 4 nitrogen and oxygen atoms in total. The summed E-state index contributed by atoms with van der Waals surface area (Å²) >= 11 is 1.21. The summed E-state index contributed by atoms with van der Waals surface area (Å²) in [5.41, 5.74) is 2.48. The lowest BCUT2D eigenvalue weighted by atomic mass is 10.1. The van der Waals surface area contributed by atoms with E-state index in [0.29, 0.717) is 0 Å². The van der Waals surface area contributed by atoms with Crippen molar-refractivity contribution < 1.29 is 9.52 Å². The molecule has 74 valence electrons. The summed E-state index contributed by atoms with van der Waals surface area (Å²) in [6.45, 7) is 3.73.